The zero-order valence-electron chi connectivity index (χ0n) is 6.73. The van der Waals surface area contributed by atoms with Crippen LogP contribution >= 0.6 is 0 Å². The molecule has 1 atom stereocenters. The molecule has 1 aromatic carbocycles. The lowest BCUT2D eigenvalue weighted by molar-refractivity contribution is -0.126. The summed E-state index contributed by atoms with van der Waals surface area (Å²) in [6.45, 7) is 0. The Labute approximate surface area is 75.0 Å². The van der Waals surface area contributed by atoms with Gasteiger partial charge in [0.05, 0.1) is 0 Å². The van der Waals surface area contributed by atoms with Crippen molar-refractivity contribution in [1.29, 1.82) is 0 Å². The zero-order chi connectivity index (χ0) is 9.84. The number of aliphatic hydroxyl groups is 1. The van der Waals surface area contributed by atoms with E-state index in [4.69, 9.17) is 5.73 Å². The van der Waals surface area contributed by atoms with Gasteiger partial charge in [-0.1, -0.05) is 24.3 Å². The van der Waals surface area contributed by atoms with Crippen LogP contribution in [0.4, 0.5) is 0 Å². The van der Waals surface area contributed by atoms with Crippen LogP contribution in [0.3, 0.4) is 0 Å². The third-order valence-corrected chi connectivity index (χ3v) is 1.67. The maximum absolute atomic E-state index is 10.5. The molecule has 67 valence electrons. The van der Waals surface area contributed by atoms with E-state index in [9.17, 15) is 14.7 Å². The first-order valence-electron chi connectivity index (χ1n) is 3.64. The first-order chi connectivity index (χ1) is 6.16. The van der Waals surface area contributed by atoms with Gasteiger partial charge in [0, 0.05) is 11.1 Å². The van der Waals surface area contributed by atoms with Gasteiger partial charge in [-0.25, -0.2) is 0 Å². The van der Waals surface area contributed by atoms with E-state index in [1.165, 1.54) is 12.1 Å². The molecule has 1 radical (unpaired) electrons. The molecule has 0 bridgehead atoms. The second-order valence-corrected chi connectivity index (χ2v) is 2.51. The molecule has 0 heterocycles. The first kappa shape index (κ1) is 9.41. The fraction of sp³-hybridized carbons (Fsp3) is 0.111. The monoisotopic (exact) mass is 178 g/mol. The molecule has 1 rings (SSSR count). The molecule has 13 heavy (non-hydrogen) atoms. The average Bonchev–Trinajstić information content (AvgIpc) is 2.16. The van der Waals surface area contributed by atoms with Crippen LogP contribution in [0.5, 0.6) is 0 Å². The maximum atomic E-state index is 10.5. The van der Waals surface area contributed by atoms with Crippen LogP contribution in [0.15, 0.2) is 24.3 Å². The molecule has 4 heteroatoms. The second-order valence-electron chi connectivity index (χ2n) is 2.51. The summed E-state index contributed by atoms with van der Waals surface area (Å²) in [6.07, 6.45) is -0.983. The fourth-order valence-electron chi connectivity index (χ4n) is 1.01. The van der Waals surface area contributed by atoms with Crippen molar-refractivity contribution in [2.45, 2.75) is 6.10 Å². The number of amides is 1. The van der Waals surface area contributed by atoms with Crippen LogP contribution < -0.4 is 5.73 Å². The SMILES string of the molecule is [NH]C(=O)C(O)c1ccccc1C=O. The van der Waals surface area contributed by atoms with Crippen molar-refractivity contribution < 1.29 is 14.7 Å². The molecule has 0 saturated carbocycles. The quantitative estimate of drug-likeness (QED) is 0.678. The van der Waals surface area contributed by atoms with E-state index in [1.54, 1.807) is 12.1 Å². The maximum Gasteiger partial charge on any atom is 0.271 e. The Morgan fingerprint density at radius 2 is 2.08 bits per heavy atom. The molecule has 2 N–H and O–H groups in total. The molecule has 0 aliphatic carbocycles. The number of hydrogen-bond donors (Lipinski definition) is 1. The minimum atomic E-state index is -1.53. The van der Waals surface area contributed by atoms with Gasteiger partial charge >= 0.3 is 0 Å². The van der Waals surface area contributed by atoms with Crippen molar-refractivity contribution in [3.63, 3.8) is 0 Å². The van der Waals surface area contributed by atoms with E-state index in [-0.39, 0.29) is 11.1 Å². The van der Waals surface area contributed by atoms with Crippen molar-refractivity contribution in [3.8, 4) is 0 Å². The molecule has 1 aromatic rings. The van der Waals surface area contributed by atoms with Crippen LogP contribution in [0.1, 0.15) is 22.0 Å². The second kappa shape index (κ2) is 3.82. The molecule has 0 aromatic heterocycles. The smallest absolute Gasteiger partial charge is 0.271 e. The number of carbonyl (C=O) groups is 2. The van der Waals surface area contributed by atoms with Crippen LogP contribution in [-0.4, -0.2) is 17.3 Å². The van der Waals surface area contributed by atoms with Gasteiger partial charge in [-0.2, -0.15) is 0 Å². The predicted octanol–water partition coefficient (Wildman–Crippen LogP) is 0.342. The Morgan fingerprint density at radius 3 is 2.62 bits per heavy atom. The number of nitrogens with one attached hydrogen (secondary N) is 1. The molecule has 0 aliphatic rings. The third kappa shape index (κ3) is 1.91. The Kier molecular flexibility index (Phi) is 2.76. The minimum Gasteiger partial charge on any atom is -0.378 e. The van der Waals surface area contributed by atoms with Crippen molar-refractivity contribution in [1.82, 2.24) is 5.73 Å². The van der Waals surface area contributed by atoms with E-state index in [1.807, 2.05) is 0 Å². The topological polar surface area (TPSA) is 78.2 Å². The molecule has 0 aliphatic heterocycles. The normalized spacial score (nSPS) is 12.1. The molecule has 0 fully saturated rings. The Bertz CT molecular complexity index is 335. The van der Waals surface area contributed by atoms with Gasteiger partial charge in [-0.15, -0.1) is 0 Å². The largest absolute Gasteiger partial charge is 0.378 e. The molecular formula is C9H8NO3. The van der Waals surface area contributed by atoms with E-state index < -0.39 is 12.0 Å². The van der Waals surface area contributed by atoms with Gasteiger partial charge in [-0.05, 0) is 0 Å². The highest BCUT2D eigenvalue weighted by molar-refractivity contribution is 5.85. The number of carbonyl (C=O) groups excluding carboxylic acids is 2. The van der Waals surface area contributed by atoms with Crippen molar-refractivity contribution in [2.75, 3.05) is 0 Å². The number of hydrogen-bond acceptors (Lipinski definition) is 3. The van der Waals surface area contributed by atoms with Crippen molar-refractivity contribution in [2.24, 2.45) is 0 Å². The minimum absolute atomic E-state index is 0.178. The van der Waals surface area contributed by atoms with E-state index in [0.29, 0.717) is 6.29 Å². The summed E-state index contributed by atoms with van der Waals surface area (Å²) in [6, 6.07) is 6.14. The highest BCUT2D eigenvalue weighted by Crippen LogP contribution is 2.16. The number of benzene rings is 1. The van der Waals surface area contributed by atoms with E-state index in [2.05, 4.69) is 0 Å². The molecule has 0 spiro atoms. The Morgan fingerprint density at radius 1 is 1.46 bits per heavy atom. The molecule has 4 nitrogen and oxygen atoms in total. The highest BCUT2D eigenvalue weighted by Gasteiger charge is 2.17. The van der Waals surface area contributed by atoms with E-state index >= 15 is 0 Å². The van der Waals surface area contributed by atoms with Gasteiger partial charge in [0.1, 0.15) is 6.29 Å². The van der Waals surface area contributed by atoms with Crippen molar-refractivity contribution >= 4 is 12.2 Å². The van der Waals surface area contributed by atoms with Crippen LogP contribution in [0, 0.1) is 0 Å². The van der Waals surface area contributed by atoms with Crippen LogP contribution in [-0.2, 0) is 4.79 Å². The highest BCUT2D eigenvalue weighted by atomic mass is 16.3. The summed E-state index contributed by atoms with van der Waals surface area (Å²) in [5.74, 6) is -1.12. The Balaban J connectivity index is 3.12. The lowest BCUT2D eigenvalue weighted by atomic mass is 10.0. The summed E-state index contributed by atoms with van der Waals surface area (Å²) in [4.78, 5) is 21.0. The summed E-state index contributed by atoms with van der Waals surface area (Å²) in [7, 11) is 0. The standard InChI is InChI=1S/C9H8NO3/c10-9(13)8(12)7-4-2-1-3-6(7)5-11/h1-5,8,10,12H. The fourth-order valence-corrected chi connectivity index (χ4v) is 1.01. The van der Waals surface area contributed by atoms with Crippen molar-refractivity contribution in [3.05, 3.63) is 35.4 Å². The first-order valence-corrected chi connectivity index (χ1v) is 3.64. The molecule has 0 saturated heterocycles. The number of aldehydes is 1. The van der Waals surface area contributed by atoms with Gasteiger partial charge in [0.15, 0.2) is 6.10 Å². The summed E-state index contributed by atoms with van der Waals surface area (Å²) < 4.78 is 0. The summed E-state index contributed by atoms with van der Waals surface area (Å²) in [5.41, 5.74) is 7.10. The number of aliphatic hydroxyl groups excluding tert-OH is 1. The Hall–Kier alpha value is -1.68. The summed E-state index contributed by atoms with van der Waals surface area (Å²) in [5, 5.41) is 9.21. The zero-order valence-corrected chi connectivity index (χ0v) is 6.73. The van der Waals surface area contributed by atoms with Gasteiger partial charge in [0.2, 0.25) is 0 Å². The molecule has 1 unspecified atom stereocenters. The van der Waals surface area contributed by atoms with Gasteiger partial charge in [0.25, 0.3) is 5.91 Å². The third-order valence-electron chi connectivity index (χ3n) is 1.67. The summed E-state index contributed by atoms with van der Waals surface area (Å²) >= 11 is 0. The molecular weight excluding hydrogens is 170 g/mol. The average molecular weight is 178 g/mol. The number of rotatable bonds is 3. The van der Waals surface area contributed by atoms with Crippen LogP contribution in [0.25, 0.3) is 0 Å². The van der Waals surface area contributed by atoms with Crippen LogP contribution in [0.2, 0.25) is 0 Å². The lowest BCUT2D eigenvalue weighted by Crippen LogP contribution is -2.13. The van der Waals surface area contributed by atoms with Gasteiger partial charge < -0.3 is 5.11 Å². The lowest BCUT2D eigenvalue weighted by Gasteiger charge is -2.07. The van der Waals surface area contributed by atoms with E-state index in [0.717, 1.165) is 0 Å². The van der Waals surface area contributed by atoms with Gasteiger partial charge in [-0.3, -0.25) is 15.3 Å². The predicted molar refractivity (Wildman–Crippen MR) is 44.9 cm³/mol. The molecule has 1 amide bonds.